The molecule has 3 rings (SSSR count). The Bertz CT molecular complexity index is 410. The quantitative estimate of drug-likeness (QED) is 0.788. The lowest BCUT2D eigenvalue weighted by atomic mass is 10.1. The van der Waals surface area contributed by atoms with Crippen molar-refractivity contribution < 1.29 is 9.47 Å². The summed E-state index contributed by atoms with van der Waals surface area (Å²) in [4.78, 5) is 0. The molecule has 1 fully saturated rings. The van der Waals surface area contributed by atoms with Gasteiger partial charge in [-0.2, -0.15) is 0 Å². The Balaban J connectivity index is 1.89. The molecule has 3 heteroatoms. The average molecular weight is 219 g/mol. The van der Waals surface area contributed by atoms with E-state index >= 15 is 0 Å². The predicted octanol–water partition coefficient (Wildman–Crippen LogP) is 2.26. The first-order valence-corrected chi connectivity index (χ1v) is 5.84. The van der Waals surface area contributed by atoms with Gasteiger partial charge >= 0.3 is 0 Å². The molecule has 1 aliphatic carbocycles. The lowest BCUT2D eigenvalue weighted by Crippen LogP contribution is -2.17. The van der Waals surface area contributed by atoms with Crippen LogP contribution in [0.1, 0.15) is 31.4 Å². The molecular formula is C13H17NO2. The van der Waals surface area contributed by atoms with E-state index in [9.17, 15) is 0 Å². The molecule has 0 bridgehead atoms. The molecule has 1 saturated carbocycles. The fourth-order valence-corrected chi connectivity index (χ4v) is 2.01. The zero-order chi connectivity index (χ0) is 11.2. The molecule has 2 aliphatic rings. The molecule has 0 radical (unpaired) electrons. The van der Waals surface area contributed by atoms with E-state index in [1.165, 1.54) is 12.8 Å². The van der Waals surface area contributed by atoms with Crippen LogP contribution in [0, 0.1) is 5.41 Å². The summed E-state index contributed by atoms with van der Waals surface area (Å²) in [6.45, 7) is 3.54. The molecule has 3 nitrogen and oxygen atoms in total. The zero-order valence-electron chi connectivity index (χ0n) is 9.53. The van der Waals surface area contributed by atoms with Crippen molar-refractivity contribution in [3.05, 3.63) is 23.8 Å². The maximum atomic E-state index is 5.86. The summed E-state index contributed by atoms with van der Waals surface area (Å²) >= 11 is 0. The Labute approximate surface area is 95.5 Å². The largest absolute Gasteiger partial charge is 0.489 e. The third-order valence-corrected chi connectivity index (χ3v) is 3.52. The van der Waals surface area contributed by atoms with Gasteiger partial charge in [0.05, 0.1) is 13.2 Å². The van der Waals surface area contributed by atoms with Crippen molar-refractivity contribution >= 4 is 0 Å². The SMILES string of the molecule is CC(N)c1ccc2c(c1)OCC1(CC1)CO2. The van der Waals surface area contributed by atoms with E-state index in [0.29, 0.717) is 5.41 Å². The second-order valence-corrected chi connectivity index (χ2v) is 5.07. The number of benzene rings is 1. The molecule has 1 aromatic carbocycles. The fourth-order valence-electron chi connectivity index (χ4n) is 2.01. The van der Waals surface area contributed by atoms with E-state index in [1.54, 1.807) is 0 Å². The Morgan fingerprint density at radius 3 is 2.50 bits per heavy atom. The van der Waals surface area contributed by atoms with Crippen LogP contribution in [0.5, 0.6) is 11.5 Å². The smallest absolute Gasteiger partial charge is 0.161 e. The normalized spacial score (nSPS) is 22.6. The minimum Gasteiger partial charge on any atom is -0.489 e. The molecule has 16 heavy (non-hydrogen) atoms. The monoisotopic (exact) mass is 219 g/mol. The Hall–Kier alpha value is -1.22. The van der Waals surface area contributed by atoms with E-state index in [0.717, 1.165) is 30.3 Å². The van der Waals surface area contributed by atoms with Crippen LogP contribution in [-0.4, -0.2) is 13.2 Å². The lowest BCUT2D eigenvalue weighted by molar-refractivity contribution is 0.197. The van der Waals surface area contributed by atoms with Gasteiger partial charge in [-0.05, 0) is 37.5 Å². The summed E-state index contributed by atoms with van der Waals surface area (Å²) in [6.07, 6.45) is 2.45. The van der Waals surface area contributed by atoms with Crippen LogP contribution >= 0.6 is 0 Å². The van der Waals surface area contributed by atoms with Gasteiger partial charge in [0.2, 0.25) is 0 Å². The van der Waals surface area contributed by atoms with Gasteiger partial charge in [-0.1, -0.05) is 6.07 Å². The molecular weight excluding hydrogens is 202 g/mol. The van der Waals surface area contributed by atoms with Gasteiger partial charge in [-0.3, -0.25) is 0 Å². The number of ether oxygens (including phenoxy) is 2. The summed E-state index contributed by atoms with van der Waals surface area (Å²) < 4.78 is 11.6. The van der Waals surface area contributed by atoms with Crippen LogP contribution in [0.4, 0.5) is 0 Å². The molecule has 0 aromatic heterocycles. The molecule has 0 amide bonds. The van der Waals surface area contributed by atoms with Gasteiger partial charge in [0.25, 0.3) is 0 Å². The van der Waals surface area contributed by atoms with E-state index < -0.39 is 0 Å². The van der Waals surface area contributed by atoms with Crippen molar-refractivity contribution in [2.45, 2.75) is 25.8 Å². The van der Waals surface area contributed by atoms with E-state index in [2.05, 4.69) is 0 Å². The molecule has 86 valence electrons. The van der Waals surface area contributed by atoms with Crippen molar-refractivity contribution in [1.29, 1.82) is 0 Å². The molecule has 0 saturated heterocycles. The fraction of sp³-hybridized carbons (Fsp3) is 0.538. The summed E-state index contributed by atoms with van der Waals surface area (Å²) in [7, 11) is 0. The van der Waals surface area contributed by atoms with Gasteiger partial charge in [-0.15, -0.1) is 0 Å². The number of rotatable bonds is 1. The Morgan fingerprint density at radius 2 is 1.88 bits per heavy atom. The van der Waals surface area contributed by atoms with Crippen LogP contribution in [0.15, 0.2) is 18.2 Å². The second kappa shape index (κ2) is 3.39. The minimum absolute atomic E-state index is 0.0343. The topological polar surface area (TPSA) is 44.5 Å². The molecule has 1 aliphatic heterocycles. The number of fused-ring (bicyclic) bond motifs is 1. The molecule has 1 spiro atoms. The molecule has 2 N–H and O–H groups in total. The van der Waals surface area contributed by atoms with Gasteiger partial charge < -0.3 is 15.2 Å². The van der Waals surface area contributed by atoms with Gasteiger partial charge in [0, 0.05) is 11.5 Å². The maximum absolute atomic E-state index is 5.86. The molecule has 1 heterocycles. The van der Waals surface area contributed by atoms with Crippen molar-refractivity contribution in [3.8, 4) is 11.5 Å². The average Bonchev–Trinajstić information content (AvgIpc) is 3.07. The van der Waals surface area contributed by atoms with Gasteiger partial charge in [0.1, 0.15) is 0 Å². The zero-order valence-corrected chi connectivity index (χ0v) is 9.53. The van der Waals surface area contributed by atoms with Crippen LogP contribution < -0.4 is 15.2 Å². The summed E-state index contributed by atoms with van der Waals surface area (Å²) in [5, 5.41) is 0. The number of nitrogens with two attached hydrogens (primary N) is 1. The standard InChI is InChI=1S/C13H17NO2/c1-9(14)10-2-3-11-12(6-10)16-8-13(4-5-13)7-15-11/h2-3,6,9H,4-5,7-8,14H2,1H3. The maximum Gasteiger partial charge on any atom is 0.161 e. The van der Waals surface area contributed by atoms with E-state index in [4.69, 9.17) is 15.2 Å². The summed E-state index contributed by atoms with van der Waals surface area (Å²) in [5.41, 5.74) is 7.25. The highest BCUT2D eigenvalue weighted by atomic mass is 16.5. The summed E-state index contributed by atoms with van der Waals surface area (Å²) in [6, 6.07) is 6.02. The highest BCUT2D eigenvalue weighted by Gasteiger charge is 2.46. The highest BCUT2D eigenvalue weighted by molar-refractivity contribution is 5.44. The van der Waals surface area contributed by atoms with Gasteiger partial charge in [0.15, 0.2) is 11.5 Å². The first-order valence-electron chi connectivity index (χ1n) is 5.84. The van der Waals surface area contributed by atoms with Crippen molar-refractivity contribution in [1.82, 2.24) is 0 Å². The van der Waals surface area contributed by atoms with Crippen LogP contribution in [0.2, 0.25) is 0 Å². The van der Waals surface area contributed by atoms with Gasteiger partial charge in [-0.25, -0.2) is 0 Å². The first kappa shape index (κ1) is 9.97. The Kier molecular flexibility index (Phi) is 2.11. The lowest BCUT2D eigenvalue weighted by Gasteiger charge is -2.11. The third-order valence-electron chi connectivity index (χ3n) is 3.52. The minimum atomic E-state index is 0.0343. The number of hydrogen-bond acceptors (Lipinski definition) is 3. The Morgan fingerprint density at radius 1 is 1.19 bits per heavy atom. The van der Waals surface area contributed by atoms with E-state index in [-0.39, 0.29) is 6.04 Å². The highest BCUT2D eigenvalue weighted by Crippen LogP contribution is 2.49. The molecule has 1 atom stereocenters. The molecule has 1 unspecified atom stereocenters. The van der Waals surface area contributed by atoms with Crippen molar-refractivity contribution in [3.63, 3.8) is 0 Å². The second-order valence-electron chi connectivity index (χ2n) is 5.07. The third kappa shape index (κ3) is 1.65. The van der Waals surface area contributed by atoms with E-state index in [1.807, 2.05) is 25.1 Å². The van der Waals surface area contributed by atoms with Crippen LogP contribution in [0.3, 0.4) is 0 Å². The van der Waals surface area contributed by atoms with Crippen LogP contribution in [0.25, 0.3) is 0 Å². The first-order chi connectivity index (χ1) is 7.69. The molecule has 1 aromatic rings. The predicted molar refractivity (Wildman–Crippen MR) is 61.7 cm³/mol. The van der Waals surface area contributed by atoms with Crippen molar-refractivity contribution in [2.75, 3.05) is 13.2 Å². The van der Waals surface area contributed by atoms with Crippen LogP contribution in [-0.2, 0) is 0 Å². The van der Waals surface area contributed by atoms with Crippen molar-refractivity contribution in [2.24, 2.45) is 11.1 Å². The number of hydrogen-bond donors (Lipinski definition) is 1. The summed E-state index contributed by atoms with van der Waals surface area (Å²) in [5.74, 6) is 1.70.